The van der Waals surface area contributed by atoms with Crippen molar-refractivity contribution in [3.05, 3.63) is 0 Å². The van der Waals surface area contributed by atoms with E-state index in [1.807, 2.05) is 25.7 Å². The summed E-state index contributed by atoms with van der Waals surface area (Å²) in [6, 6.07) is 0.855. The molecule has 2 unspecified atom stereocenters. The highest BCUT2D eigenvalue weighted by molar-refractivity contribution is 5.82. The number of amides is 1. The number of nitrogens with zero attached hydrogens (tertiary/aromatic N) is 5. The Morgan fingerprint density at radius 3 is 2.58 bits per heavy atom. The summed E-state index contributed by atoms with van der Waals surface area (Å²) < 4.78 is 5.51. The van der Waals surface area contributed by atoms with Crippen LogP contribution in [-0.2, 0) is 4.74 Å². The van der Waals surface area contributed by atoms with Gasteiger partial charge in [0.25, 0.3) is 0 Å². The van der Waals surface area contributed by atoms with Crippen LogP contribution >= 0.6 is 0 Å². The zero-order valence-electron chi connectivity index (χ0n) is 16.3. The van der Waals surface area contributed by atoms with Crippen molar-refractivity contribution >= 4 is 12.1 Å². The van der Waals surface area contributed by atoms with Crippen LogP contribution in [0.5, 0.6) is 0 Å². The lowest BCUT2D eigenvalue weighted by molar-refractivity contribution is 0.0122. The van der Waals surface area contributed by atoms with Gasteiger partial charge in [-0.05, 0) is 20.8 Å². The molecule has 2 atom stereocenters. The van der Waals surface area contributed by atoms with Crippen LogP contribution in [-0.4, -0.2) is 115 Å². The normalized spacial score (nSPS) is 33.7. The first-order valence-electron chi connectivity index (χ1n) is 9.88. The minimum atomic E-state index is -0.447. The molecular weight excluding hydrogens is 332 g/mol. The molecule has 8 nitrogen and oxygen atoms in total. The number of nitrogens with one attached hydrogen (secondary N) is 1. The Hall–Kier alpha value is -1.54. The van der Waals surface area contributed by atoms with Gasteiger partial charge in [-0.3, -0.25) is 14.8 Å². The summed E-state index contributed by atoms with van der Waals surface area (Å²) >= 11 is 0. The number of guanidine groups is 1. The van der Waals surface area contributed by atoms with Crippen molar-refractivity contribution in [2.24, 2.45) is 4.99 Å². The van der Waals surface area contributed by atoms with Gasteiger partial charge in [-0.15, -0.1) is 0 Å². The largest absolute Gasteiger partial charge is 0.444 e. The molecule has 0 radical (unpaired) electrons. The van der Waals surface area contributed by atoms with Crippen molar-refractivity contribution in [1.29, 1.82) is 0 Å². The van der Waals surface area contributed by atoms with Gasteiger partial charge < -0.3 is 19.9 Å². The molecule has 4 saturated heterocycles. The third kappa shape index (κ3) is 3.76. The number of hydrogen-bond donors (Lipinski definition) is 1. The maximum absolute atomic E-state index is 12.3. The van der Waals surface area contributed by atoms with Crippen molar-refractivity contribution in [3.63, 3.8) is 0 Å². The Bertz CT molecular complexity index is 567. The summed E-state index contributed by atoms with van der Waals surface area (Å²) in [7, 11) is 0. The standard InChI is InChI=1S/C18H32N6O2/c1-18(2,3)26-17(25)23-8-9-24-15(13-23)11-20-16(24)19-10-14-12-21-4-6-22(14)7-5-21/h14-15H,4-13H2,1-3H3,(H,19,20). The number of fused-ring (bicyclic) bond motifs is 4. The highest BCUT2D eigenvalue weighted by atomic mass is 16.6. The van der Waals surface area contributed by atoms with E-state index in [2.05, 4.69) is 20.0 Å². The average molecular weight is 364 g/mol. The third-order valence-electron chi connectivity index (χ3n) is 5.75. The molecule has 2 bridgehead atoms. The number of piperazine rings is 4. The first-order chi connectivity index (χ1) is 12.4. The molecule has 5 aliphatic rings. The summed E-state index contributed by atoms with van der Waals surface area (Å²) in [4.78, 5) is 26.3. The molecule has 8 heteroatoms. The van der Waals surface area contributed by atoms with Crippen LogP contribution in [0.1, 0.15) is 20.8 Å². The molecule has 0 aliphatic carbocycles. The topological polar surface area (TPSA) is 63.7 Å². The Kier molecular flexibility index (Phi) is 4.73. The SMILES string of the molecule is CC(C)(C)OC(=O)N1CCN2C(NCC3CN4CCN3CC4)=NCC2C1. The zero-order chi connectivity index (χ0) is 18.3. The fraction of sp³-hybridized carbons (Fsp3) is 0.889. The van der Waals surface area contributed by atoms with Crippen molar-refractivity contribution in [1.82, 2.24) is 24.9 Å². The van der Waals surface area contributed by atoms with Gasteiger partial charge in [0.2, 0.25) is 0 Å². The van der Waals surface area contributed by atoms with E-state index in [4.69, 9.17) is 9.73 Å². The van der Waals surface area contributed by atoms with E-state index in [0.29, 0.717) is 19.1 Å². The maximum Gasteiger partial charge on any atom is 0.410 e. The number of carbonyl (C=O) groups is 1. The molecule has 5 heterocycles. The Morgan fingerprint density at radius 2 is 1.92 bits per heavy atom. The Morgan fingerprint density at radius 1 is 1.15 bits per heavy atom. The Labute approximate surface area is 156 Å². The highest BCUT2D eigenvalue weighted by Gasteiger charge is 2.37. The summed E-state index contributed by atoms with van der Waals surface area (Å²) in [6.07, 6.45) is -0.210. The molecule has 5 aliphatic heterocycles. The molecule has 1 N–H and O–H groups in total. The number of rotatable bonds is 2. The lowest BCUT2D eigenvalue weighted by Gasteiger charge is -2.47. The molecular formula is C18H32N6O2. The van der Waals surface area contributed by atoms with Crippen molar-refractivity contribution in [2.45, 2.75) is 38.5 Å². The minimum absolute atomic E-state index is 0.210. The molecule has 146 valence electrons. The van der Waals surface area contributed by atoms with Gasteiger partial charge in [0, 0.05) is 64.9 Å². The van der Waals surface area contributed by atoms with E-state index in [-0.39, 0.29) is 12.1 Å². The summed E-state index contributed by atoms with van der Waals surface area (Å²) in [5, 5.41) is 3.59. The van der Waals surface area contributed by atoms with E-state index in [1.54, 1.807) is 0 Å². The second-order valence-electron chi connectivity index (χ2n) is 8.81. The van der Waals surface area contributed by atoms with E-state index in [0.717, 1.165) is 32.1 Å². The third-order valence-corrected chi connectivity index (χ3v) is 5.75. The summed E-state index contributed by atoms with van der Waals surface area (Å²) in [5.41, 5.74) is -0.447. The lowest BCUT2D eigenvalue weighted by atomic mass is 10.1. The van der Waals surface area contributed by atoms with E-state index >= 15 is 0 Å². The first kappa shape index (κ1) is 17.9. The number of carbonyl (C=O) groups excluding carboxylic acids is 1. The van der Waals surface area contributed by atoms with E-state index in [9.17, 15) is 4.79 Å². The molecule has 0 spiro atoms. The van der Waals surface area contributed by atoms with Crippen LogP contribution in [0.2, 0.25) is 0 Å². The fourth-order valence-corrected chi connectivity index (χ4v) is 4.35. The number of aliphatic imine (C=N–C) groups is 1. The molecule has 0 aromatic rings. The van der Waals surface area contributed by atoms with Gasteiger partial charge in [-0.2, -0.15) is 0 Å². The van der Waals surface area contributed by atoms with Gasteiger partial charge in [0.05, 0.1) is 12.6 Å². The number of ether oxygens (including phenoxy) is 1. The number of hydrogen-bond acceptors (Lipinski definition) is 7. The summed E-state index contributed by atoms with van der Waals surface area (Å²) in [6.45, 7) is 15.6. The van der Waals surface area contributed by atoms with Gasteiger partial charge in [0.15, 0.2) is 5.96 Å². The zero-order valence-corrected chi connectivity index (χ0v) is 16.3. The molecule has 1 amide bonds. The minimum Gasteiger partial charge on any atom is -0.444 e. The quantitative estimate of drug-likeness (QED) is 0.736. The molecule has 5 rings (SSSR count). The van der Waals surface area contributed by atoms with Crippen LogP contribution in [0.15, 0.2) is 4.99 Å². The van der Waals surface area contributed by atoms with Gasteiger partial charge in [0.1, 0.15) is 5.60 Å². The van der Waals surface area contributed by atoms with Crippen LogP contribution in [0, 0.1) is 0 Å². The van der Waals surface area contributed by atoms with Crippen LogP contribution in [0.3, 0.4) is 0 Å². The van der Waals surface area contributed by atoms with E-state index < -0.39 is 5.60 Å². The van der Waals surface area contributed by atoms with Crippen LogP contribution in [0.4, 0.5) is 4.79 Å². The van der Waals surface area contributed by atoms with Gasteiger partial charge >= 0.3 is 6.09 Å². The molecule has 0 aromatic carbocycles. The smallest absolute Gasteiger partial charge is 0.410 e. The molecule has 0 aromatic heterocycles. The van der Waals surface area contributed by atoms with Gasteiger partial charge in [-0.25, -0.2) is 4.79 Å². The van der Waals surface area contributed by atoms with E-state index in [1.165, 1.54) is 26.2 Å². The van der Waals surface area contributed by atoms with Crippen LogP contribution < -0.4 is 5.32 Å². The first-order valence-corrected chi connectivity index (χ1v) is 9.88. The second-order valence-corrected chi connectivity index (χ2v) is 8.81. The monoisotopic (exact) mass is 364 g/mol. The van der Waals surface area contributed by atoms with Crippen molar-refractivity contribution in [3.8, 4) is 0 Å². The highest BCUT2D eigenvalue weighted by Crippen LogP contribution is 2.19. The molecule has 0 saturated carbocycles. The van der Waals surface area contributed by atoms with Crippen molar-refractivity contribution in [2.75, 3.05) is 65.4 Å². The predicted octanol–water partition coefficient (Wildman–Crippen LogP) is -0.133. The van der Waals surface area contributed by atoms with Crippen molar-refractivity contribution < 1.29 is 9.53 Å². The maximum atomic E-state index is 12.3. The molecule has 4 fully saturated rings. The Balaban J connectivity index is 1.27. The average Bonchev–Trinajstić information content (AvgIpc) is 3.02. The lowest BCUT2D eigenvalue weighted by Crippen LogP contribution is -2.64. The fourth-order valence-electron chi connectivity index (χ4n) is 4.35. The van der Waals surface area contributed by atoms with Gasteiger partial charge in [-0.1, -0.05) is 0 Å². The predicted molar refractivity (Wildman–Crippen MR) is 100 cm³/mol. The summed E-state index contributed by atoms with van der Waals surface area (Å²) in [5.74, 6) is 1.01. The van der Waals surface area contributed by atoms with Crippen LogP contribution in [0.25, 0.3) is 0 Å². The second kappa shape index (κ2) is 6.88. The molecule has 26 heavy (non-hydrogen) atoms.